The Hall–Kier alpha value is -3.34. The molecule has 0 fully saturated rings. The first-order chi connectivity index (χ1) is 13.0. The number of esters is 1. The zero-order valence-electron chi connectivity index (χ0n) is 15.3. The molecule has 1 N–H and O–H groups in total. The van der Waals surface area contributed by atoms with Crippen molar-refractivity contribution in [1.82, 2.24) is 0 Å². The minimum atomic E-state index is -0.497. The topological polar surface area (TPSA) is 64.6 Å². The van der Waals surface area contributed by atoms with E-state index in [9.17, 15) is 9.59 Å². The fourth-order valence-electron chi connectivity index (χ4n) is 2.53. The van der Waals surface area contributed by atoms with E-state index in [1.807, 2.05) is 50.2 Å². The van der Waals surface area contributed by atoms with Crippen LogP contribution in [-0.4, -0.2) is 18.5 Å². The highest BCUT2D eigenvalue weighted by Gasteiger charge is 2.10. The van der Waals surface area contributed by atoms with E-state index in [2.05, 4.69) is 5.32 Å². The lowest BCUT2D eigenvalue weighted by Gasteiger charge is -2.11. The largest absolute Gasteiger partial charge is 0.482 e. The number of hydrogen-bond acceptors (Lipinski definition) is 4. The number of nitrogens with one attached hydrogen (secondary N) is 1. The standard InChI is InChI=1S/C22H21NO4/c1-15(2)22(25)23-17-9-6-10-18(13-17)26-14-21(24)27-20-12-5-8-16-7-3-4-11-19(16)20/h3-13,15H,14H2,1-2H3,(H,23,25). The maximum atomic E-state index is 12.2. The van der Waals surface area contributed by atoms with Gasteiger partial charge in [-0.1, -0.05) is 56.3 Å². The van der Waals surface area contributed by atoms with Crippen molar-refractivity contribution in [2.24, 2.45) is 5.92 Å². The van der Waals surface area contributed by atoms with E-state index >= 15 is 0 Å². The highest BCUT2D eigenvalue weighted by Crippen LogP contribution is 2.25. The molecular formula is C22H21NO4. The number of carbonyl (C=O) groups excluding carboxylic acids is 2. The molecule has 0 spiro atoms. The van der Waals surface area contributed by atoms with Crippen LogP contribution in [0.15, 0.2) is 66.7 Å². The van der Waals surface area contributed by atoms with Crippen molar-refractivity contribution in [3.8, 4) is 11.5 Å². The van der Waals surface area contributed by atoms with E-state index < -0.39 is 5.97 Å². The van der Waals surface area contributed by atoms with Crippen molar-refractivity contribution in [1.29, 1.82) is 0 Å². The highest BCUT2D eigenvalue weighted by molar-refractivity contribution is 5.92. The normalized spacial score (nSPS) is 10.6. The summed E-state index contributed by atoms with van der Waals surface area (Å²) in [5.41, 5.74) is 0.619. The highest BCUT2D eigenvalue weighted by atomic mass is 16.6. The lowest BCUT2D eigenvalue weighted by molar-refractivity contribution is -0.136. The monoisotopic (exact) mass is 363 g/mol. The van der Waals surface area contributed by atoms with Gasteiger partial charge in [-0.25, -0.2) is 4.79 Å². The molecule has 0 aliphatic heterocycles. The summed E-state index contributed by atoms with van der Waals surface area (Å²) in [5, 5.41) is 4.66. The Morgan fingerprint density at radius 1 is 0.963 bits per heavy atom. The van der Waals surface area contributed by atoms with E-state index in [1.165, 1.54) is 0 Å². The van der Waals surface area contributed by atoms with Crippen LogP contribution >= 0.6 is 0 Å². The number of ether oxygens (including phenoxy) is 2. The van der Waals surface area contributed by atoms with Crippen molar-refractivity contribution in [3.63, 3.8) is 0 Å². The quantitative estimate of drug-likeness (QED) is 0.520. The summed E-state index contributed by atoms with van der Waals surface area (Å²) in [6.45, 7) is 3.41. The number of amides is 1. The maximum Gasteiger partial charge on any atom is 0.349 e. The molecule has 0 heterocycles. The van der Waals surface area contributed by atoms with Crippen molar-refractivity contribution in [3.05, 3.63) is 66.7 Å². The molecule has 0 aliphatic rings. The Morgan fingerprint density at radius 2 is 1.70 bits per heavy atom. The summed E-state index contributed by atoms with van der Waals surface area (Å²) >= 11 is 0. The minimum Gasteiger partial charge on any atom is -0.482 e. The van der Waals surface area contributed by atoms with Gasteiger partial charge in [0, 0.05) is 23.1 Å². The lowest BCUT2D eigenvalue weighted by atomic mass is 10.1. The number of benzene rings is 3. The molecule has 3 aromatic rings. The Kier molecular flexibility index (Phi) is 5.71. The first kappa shape index (κ1) is 18.5. The number of fused-ring (bicyclic) bond motifs is 1. The molecule has 1 amide bonds. The lowest BCUT2D eigenvalue weighted by Crippen LogP contribution is -2.19. The summed E-state index contributed by atoms with van der Waals surface area (Å²) in [4.78, 5) is 23.9. The zero-order chi connectivity index (χ0) is 19.2. The van der Waals surface area contributed by atoms with Gasteiger partial charge in [0.15, 0.2) is 6.61 Å². The van der Waals surface area contributed by atoms with E-state index in [0.29, 0.717) is 17.2 Å². The van der Waals surface area contributed by atoms with Crippen LogP contribution in [0.1, 0.15) is 13.8 Å². The fourth-order valence-corrected chi connectivity index (χ4v) is 2.53. The molecule has 0 aromatic heterocycles. The van der Waals surface area contributed by atoms with Crippen LogP contribution < -0.4 is 14.8 Å². The molecule has 3 aromatic carbocycles. The Labute approximate surface area is 157 Å². The third-order valence-electron chi connectivity index (χ3n) is 3.96. The Bertz CT molecular complexity index is 960. The number of carbonyl (C=O) groups is 2. The molecule has 0 unspecified atom stereocenters. The molecule has 0 atom stereocenters. The summed E-state index contributed by atoms with van der Waals surface area (Å²) in [6.07, 6.45) is 0. The van der Waals surface area contributed by atoms with Crippen LogP contribution in [-0.2, 0) is 9.59 Å². The van der Waals surface area contributed by atoms with Crippen LogP contribution in [0, 0.1) is 5.92 Å². The summed E-state index contributed by atoms with van der Waals surface area (Å²) in [7, 11) is 0. The third-order valence-corrected chi connectivity index (χ3v) is 3.96. The van der Waals surface area contributed by atoms with Gasteiger partial charge in [-0.2, -0.15) is 0 Å². The van der Waals surface area contributed by atoms with Crippen molar-refractivity contribution < 1.29 is 19.1 Å². The predicted molar refractivity (Wildman–Crippen MR) is 105 cm³/mol. The average molecular weight is 363 g/mol. The Balaban J connectivity index is 1.61. The van der Waals surface area contributed by atoms with Crippen LogP contribution in [0.2, 0.25) is 0 Å². The SMILES string of the molecule is CC(C)C(=O)Nc1cccc(OCC(=O)Oc2cccc3ccccc23)c1. The molecule has 0 saturated heterocycles. The second-order valence-electron chi connectivity index (χ2n) is 6.41. The van der Waals surface area contributed by atoms with E-state index in [4.69, 9.17) is 9.47 Å². The third kappa shape index (κ3) is 4.85. The van der Waals surface area contributed by atoms with Gasteiger partial charge in [-0.3, -0.25) is 4.79 Å². The first-order valence-electron chi connectivity index (χ1n) is 8.75. The molecule has 0 radical (unpaired) electrons. The van der Waals surface area contributed by atoms with E-state index in [1.54, 1.807) is 30.3 Å². The zero-order valence-corrected chi connectivity index (χ0v) is 15.3. The molecule has 0 aliphatic carbocycles. The van der Waals surface area contributed by atoms with Gasteiger partial charge in [-0.05, 0) is 23.6 Å². The van der Waals surface area contributed by atoms with Crippen LogP contribution in [0.3, 0.4) is 0 Å². The van der Waals surface area contributed by atoms with E-state index in [0.717, 1.165) is 10.8 Å². The van der Waals surface area contributed by atoms with Crippen molar-refractivity contribution in [2.75, 3.05) is 11.9 Å². The Morgan fingerprint density at radius 3 is 2.52 bits per heavy atom. The number of anilines is 1. The van der Waals surface area contributed by atoms with Crippen molar-refractivity contribution >= 4 is 28.3 Å². The molecule has 5 heteroatoms. The summed E-state index contributed by atoms with van der Waals surface area (Å²) < 4.78 is 11.0. The summed E-state index contributed by atoms with van der Waals surface area (Å²) in [6, 6.07) is 20.1. The molecule has 0 saturated carbocycles. The van der Waals surface area contributed by atoms with Crippen molar-refractivity contribution in [2.45, 2.75) is 13.8 Å². The van der Waals surface area contributed by atoms with Crippen LogP contribution in [0.25, 0.3) is 10.8 Å². The summed E-state index contributed by atoms with van der Waals surface area (Å²) in [5.74, 6) is 0.279. The fraction of sp³-hybridized carbons (Fsp3) is 0.182. The van der Waals surface area contributed by atoms with E-state index in [-0.39, 0.29) is 18.4 Å². The molecule has 138 valence electrons. The molecule has 3 rings (SSSR count). The van der Waals surface area contributed by atoms with Gasteiger partial charge in [0.1, 0.15) is 11.5 Å². The van der Waals surface area contributed by atoms with Gasteiger partial charge in [0.05, 0.1) is 0 Å². The number of hydrogen-bond donors (Lipinski definition) is 1. The van der Waals surface area contributed by atoms with Gasteiger partial charge in [0.25, 0.3) is 0 Å². The average Bonchev–Trinajstić information content (AvgIpc) is 2.67. The van der Waals surface area contributed by atoms with Gasteiger partial charge < -0.3 is 14.8 Å². The molecule has 5 nitrogen and oxygen atoms in total. The van der Waals surface area contributed by atoms with Crippen LogP contribution in [0.4, 0.5) is 5.69 Å². The van der Waals surface area contributed by atoms with Crippen LogP contribution in [0.5, 0.6) is 11.5 Å². The second kappa shape index (κ2) is 8.36. The minimum absolute atomic E-state index is 0.0810. The predicted octanol–water partition coefficient (Wildman–Crippen LogP) is 4.42. The smallest absolute Gasteiger partial charge is 0.349 e. The molecular weight excluding hydrogens is 342 g/mol. The number of rotatable bonds is 6. The van der Waals surface area contributed by atoms with Gasteiger partial charge in [-0.15, -0.1) is 0 Å². The first-order valence-corrected chi connectivity index (χ1v) is 8.75. The molecule has 27 heavy (non-hydrogen) atoms. The maximum absolute atomic E-state index is 12.2. The van der Waals surface area contributed by atoms with Gasteiger partial charge in [0.2, 0.25) is 5.91 Å². The van der Waals surface area contributed by atoms with Gasteiger partial charge >= 0.3 is 5.97 Å². The molecule has 0 bridgehead atoms. The second-order valence-corrected chi connectivity index (χ2v) is 6.41.